The average molecular weight is 427 g/mol. The van der Waals surface area contributed by atoms with Crippen LogP contribution in [-0.2, 0) is 6.61 Å². The molecule has 0 amide bonds. The van der Waals surface area contributed by atoms with Gasteiger partial charge in [-0.25, -0.2) is 9.37 Å². The van der Waals surface area contributed by atoms with Gasteiger partial charge in [-0.15, -0.1) is 0 Å². The van der Waals surface area contributed by atoms with Crippen LogP contribution in [0, 0.1) is 5.82 Å². The number of ether oxygens (including phenoxy) is 1. The molecule has 3 N–H and O–H groups in total. The molecule has 0 atom stereocenters. The van der Waals surface area contributed by atoms with Gasteiger partial charge < -0.3 is 15.8 Å². The molecule has 1 fully saturated rings. The molecule has 0 aliphatic heterocycles. The summed E-state index contributed by atoms with van der Waals surface area (Å²) in [5, 5.41) is 4.03. The molecule has 5 nitrogen and oxygen atoms in total. The van der Waals surface area contributed by atoms with E-state index in [1.165, 1.54) is 12.1 Å². The number of nitrogens with two attached hydrogens (primary N) is 1. The van der Waals surface area contributed by atoms with E-state index in [1.54, 1.807) is 24.7 Å². The molecule has 1 aromatic carbocycles. The van der Waals surface area contributed by atoms with E-state index in [2.05, 4.69) is 15.3 Å². The minimum Gasteiger partial charge on any atom is -0.487 e. The van der Waals surface area contributed by atoms with Crippen molar-refractivity contribution in [1.82, 2.24) is 9.97 Å². The summed E-state index contributed by atoms with van der Waals surface area (Å²) in [5.74, 6) is 1.08. The van der Waals surface area contributed by atoms with Gasteiger partial charge in [-0.1, -0.05) is 23.7 Å². The predicted molar refractivity (Wildman–Crippen MR) is 117 cm³/mol. The summed E-state index contributed by atoms with van der Waals surface area (Å²) in [5.41, 5.74) is 8.40. The van der Waals surface area contributed by atoms with E-state index in [0.29, 0.717) is 22.9 Å². The molecular weight excluding hydrogens is 403 g/mol. The third-order valence-corrected chi connectivity index (χ3v) is 5.60. The fourth-order valence-electron chi connectivity index (χ4n) is 3.65. The van der Waals surface area contributed by atoms with Gasteiger partial charge in [0.25, 0.3) is 0 Å². The van der Waals surface area contributed by atoms with Crippen molar-refractivity contribution in [2.45, 2.75) is 44.4 Å². The summed E-state index contributed by atoms with van der Waals surface area (Å²) >= 11 is 6.42. The zero-order chi connectivity index (χ0) is 20.9. The van der Waals surface area contributed by atoms with Crippen LogP contribution in [0.5, 0.6) is 5.75 Å². The van der Waals surface area contributed by atoms with Gasteiger partial charge in [0.05, 0.1) is 11.2 Å². The molecule has 0 unspecified atom stereocenters. The lowest BCUT2D eigenvalue weighted by atomic mass is 9.92. The molecular formula is C23H24ClFN4O. The third kappa shape index (κ3) is 5.26. The van der Waals surface area contributed by atoms with Crippen LogP contribution < -0.4 is 15.8 Å². The highest BCUT2D eigenvalue weighted by Crippen LogP contribution is 2.32. The number of nitrogens with zero attached hydrogens (tertiary/aromatic N) is 2. The number of halogens is 2. The van der Waals surface area contributed by atoms with Crippen molar-refractivity contribution in [3.63, 3.8) is 0 Å². The Morgan fingerprint density at radius 2 is 1.93 bits per heavy atom. The number of hydrogen-bond acceptors (Lipinski definition) is 5. The van der Waals surface area contributed by atoms with E-state index in [9.17, 15) is 4.39 Å². The summed E-state index contributed by atoms with van der Waals surface area (Å²) in [7, 11) is 0. The zero-order valence-electron chi connectivity index (χ0n) is 16.5. The van der Waals surface area contributed by atoms with Crippen molar-refractivity contribution in [2.24, 2.45) is 5.73 Å². The van der Waals surface area contributed by atoms with E-state index in [-0.39, 0.29) is 12.4 Å². The van der Waals surface area contributed by atoms with Crippen LogP contribution in [0.2, 0.25) is 5.02 Å². The topological polar surface area (TPSA) is 73.1 Å². The second-order valence-electron chi connectivity index (χ2n) is 7.63. The molecule has 0 radical (unpaired) electrons. The maximum absolute atomic E-state index is 13.3. The van der Waals surface area contributed by atoms with Crippen LogP contribution in [0.4, 0.5) is 10.2 Å². The summed E-state index contributed by atoms with van der Waals surface area (Å²) in [6, 6.07) is 10.8. The normalized spacial score (nSPS) is 18.8. The molecule has 1 aliphatic rings. The minimum absolute atomic E-state index is 0.254. The van der Waals surface area contributed by atoms with Crippen LogP contribution in [-0.4, -0.2) is 22.1 Å². The van der Waals surface area contributed by atoms with Crippen LogP contribution in [0.25, 0.3) is 11.1 Å². The molecule has 2 heterocycles. The molecule has 3 aromatic rings. The van der Waals surface area contributed by atoms with Crippen molar-refractivity contribution in [1.29, 1.82) is 0 Å². The number of hydrogen-bond donors (Lipinski definition) is 2. The molecule has 2 aromatic heterocycles. The molecule has 4 rings (SSSR count). The SMILES string of the molecule is NC1CCC(Nc2cc(-c3cncc(OCc4cccc(F)c4)c3)c(Cl)cn2)CC1. The molecule has 1 saturated carbocycles. The predicted octanol–water partition coefficient (Wildman–Crippen LogP) is 5.20. The van der Waals surface area contributed by atoms with Gasteiger partial charge in [-0.05, 0) is 55.5 Å². The Bertz CT molecular complexity index is 1010. The van der Waals surface area contributed by atoms with Crippen LogP contribution >= 0.6 is 11.6 Å². The summed E-state index contributed by atoms with van der Waals surface area (Å²) in [4.78, 5) is 8.70. The number of rotatable bonds is 6. The molecule has 0 spiro atoms. The van der Waals surface area contributed by atoms with E-state index >= 15 is 0 Å². The second-order valence-corrected chi connectivity index (χ2v) is 8.04. The lowest BCUT2D eigenvalue weighted by Crippen LogP contribution is -2.33. The molecule has 156 valence electrons. The Morgan fingerprint density at radius 3 is 2.73 bits per heavy atom. The Morgan fingerprint density at radius 1 is 1.10 bits per heavy atom. The van der Waals surface area contributed by atoms with Crippen molar-refractivity contribution in [3.05, 3.63) is 71.4 Å². The van der Waals surface area contributed by atoms with Gasteiger partial charge in [0.15, 0.2) is 0 Å². The third-order valence-electron chi connectivity index (χ3n) is 5.30. The van der Waals surface area contributed by atoms with Crippen molar-refractivity contribution < 1.29 is 9.13 Å². The number of benzene rings is 1. The second kappa shape index (κ2) is 9.41. The molecule has 30 heavy (non-hydrogen) atoms. The fourth-order valence-corrected chi connectivity index (χ4v) is 3.86. The first-order chi connectivity index (χ1) is 14.6. The van der Waals surface area contributed by atoms with E-state index in [4.69, 9.17) is 22.1 Å². The quantitative estimate of drug-likeness (QED) is 0.567. The van der Waals surface area contributed by atoms with Crippen molar-refractivity contribution >= 4 is 17.4 Å². The maximum atomic E-state index is 13.3. The smallest absolute Gasteiger partial charge is 0.138 e. The van der Waals surface area contributed by atoms with Crippen LogP contribution in [0.15, 0.2) is 55.0 Å². The zero-order valence-corrected chi connectivity index (χ0v) is 17.3. The number of nitrogens with one attached hydrogen (secondary N) is 1. The lowest BCUT2D eigenvalue weighted by Gasteiger charge is -2.27. The average Bonchev–Trinajstić information content (AvgIpc) is 2.75. The van der Waals surface area contributed by atoms with Crippen LogP contribution in [0.1, 0.15) is 31.2 Å². The number of aromatic nitrogens is 2. The summed E-state index contributed by atoms with van der Waals surface area (Å²) in [6.45, 7) is 0.254. The van der Waals surface area contributed by atoms with Gasteiger partial charge in [-0.2, -0.15) is 0 Å². The first kappa shape index (κ1) is 20.6. The largest absolute Gasteiger partial charge is 0.487 e. The van der Waals surface area contributed by atoms with Crippen molar-refractivity contribution in [3.8, 4) is 16.9 Å². The Balaban J connectivity index is 1.48. The molecule has 0 bridgehead atoms. The Hall–Kier alpha value is -2.70. The van der Waals surface area contributed by atoms with Gasteiger partial charge in [0.1, 0.15) is 24.0 Å². The highest BCUT2D eigenvalue weighted by Gasteiger charge is 2.19. The fraction of sp³-hybridized carbons (Fsp3) is 0.304. The monoisotopic (exact) mass is 426 g/mol. The van der Waals surface area contributed by atoms with E-state index in [0.717, 1.165) is 48.2 Å². The van der Waals surface area contributed by atoms with Gasteiger partial charge in [0.2, 0.25) is 0 Å². The maximum Gasteiger partial charge on any atom is 0.138 e. The minimum atomic E-state index is -0.286. The molecule has 7 heteroatoms. The van der Waals surface area contributed by atoms with Gasteiger partial charge >= 0.3 is 0 Å². The first-order valence-electron chi connectivity index (χ1n) is 10.1. The number of anilines is 1. The Kier molecular flexibility index (Phi) is 6.45. The standard InChI is InChI=1S/C23H24ClFN4O/c24-22-13-28-23(29-19-6-4-18(26)5-7-19)10-21(22)16-9-20(12-27-11-16)30-14-15-2-1-3-17(25)8-15/h1-3,8-13,18-19H,4-7,14,26H2,(H,28,29). The highest BCUT2D eigenvalue weighted by molar-refractivity contribution is 6.33. The van der Waals surface area contributed by atoms with Crippen molar-refractivity contribution in [2.75, 3.05) is 5.32 Å². The number of pyridine rings is 2. The summed E-state index contributed by atoms with van der Waals surface area (Å²) < 4.78 is 19.1. The lowest BCUT2D eigenvalue weighted by molar-refractivity contribution is 0.304. The van der Waals surface area contributed by atoms with Gasteiger partial charge in [0, 0.05) is 35.6 Å². The van der Waals surface area contributed by atoms with E-state index < -0.39 is 0 Å². The first-order valence-corrected chi connectivity index (χ1v) is 10.4. The molecule has 1 aliphatic carbocycles. The van der Waals surface area contributed by atoms with Gasteiger partial charge in [-0.3, -0.25) is 4.98 Å². The summed E-state index contributed by atoms with van der Waals surface area (Å²) in [6.07, 6.45) is 9.12. The van der Waals surface area contributed by atoms with E-state index in [1.807, 2.05) is 18.2 Å². The highest BCUT2D eigenvalue weighted by atomic mass is 35.5. The molecule has 0 saturated heterocycles. The van der Waals surface area contributed by atoms with Crippen LogP contribution in [0.3, 0.4) is 0 Å². The Labute approximate surface area is 180 Å².